The smallest absolute Gasteiger partial charge is 0.223 e. The number of aromatic nitrogens is 1. The van der Waals surface area contributed by atoms with Crippen LogP contribution in [0.4, 0.5) is 0 Å². The molecule has 0 N–H and O–H groups in total. The summed E-state index contributed by atoms with van der Waals surface area (Å²) in [4.78, 5) is 22.0. The highest BCUT2D eigenvalue weighted by molar-refractivity contribution is 14.1. The van der Waals surface area contributed by atoms with Crippen molar-refractivity contribution in [3.8, 4) is 0 Å². The van der Waals surface area contributed by atoms with Gasteiger partial charge in [-0.3, -0.25) is 9.79 Å². The van der Waals surface area contributed by atoms with Crippen LogP contribution in [0, 0.1) is 17.4 Å². The number of hydrogen-bond acceptors (Lipinski definition) is 5. The first-order valence-corrected chi connectivity index (χ1v) is 14.6. The Morgan fingerprint density at radius 3 is 2.45 bits per heavy atom. The fraction of sp³-hybridized carbons (Fsp3) is 0.417. The average Bonchev–Trinajstić information content (AvgIpc) is 3.04. The van der Waals surface area contributed by atoms with E-state index < -0.39 is 9.84 Å². The van der Waals surface area contributed by atoms with E-state index in [1.807, 2.05) is 31.3 Å². The van der Waals surface area contributed by atoms with Gasteiger partial charge in [-0.2, -0.15) is 0 Å². The number of likely N-dealkylation sites (tertiary alicyclic amines) is 1. The normalized spacial score (nSPS) is 16.0. The standard InChI is InChI=1S/C24H28IN3O3S2/c1-16-17(2)32-24(27(16)3)26-21-8-11-28(12-9-21)23(29)10-13-33(30,31)22-7-5-18-14-20(25)6-4-19(18)15-22/h4-7,14-15,21H,8-13H2,1-3H3/b26-24-. The van der Waals surface area contributed by atoms with Crippen molar-refractivity contribution < 1.29 is 13.2 Å². The van der Waals surface area contributed by atoms with Crippen molar-refractivity contribution in [1.29, 1.82) is 0 Å². The number of thiazole rings is 1. The van der Waals surface area contributed by atoms with Gasteiger partial charge in [0.05, 0.1) is 16.7 Å². The second kappa shape index (κ2) is 9.87. The van der Waals surface area contributed by atoms with E-state index in [9.17, 15) is 13.2 Å². The van der Waals surface area contributed by atoms with Gasteiger partial charge >= 0.3 is 0 Å². The Kier molecular flexibility index (Phi) is 7.30. The first-order chi connectivity index (χ1) is 15.6. The molecular formula is C24H28IN3O3S2. The van der Waals surface area contributed by atoms with E-state index in [0.29, 0.717) is 13.1 Å². The Morgan fingerprint density at radius 2 is 1.79 bits per heavy atom. The SMILES string of the molecule is Cc1s/c(=N\C2CCN(C(=O)CCS(=O)(=O)c3ccc4cc(I)ccc4c3)CC2)n(C)c1C. The molecular weight excluding hydrogens is 569 g/mol. The lowest BCUT2D eigenvalue weighted by molar-refractivity contribution is -0.131. The van der Waals surface area contributed by atoms with E-state index in [1.54, 1.807) is 28.4 Å². The van der Waals surface area contributed by atoms with Crippen molar-refractivity contribution in [2.24, 2.45) is 12.0 Å². The van der Waals surface area contributed by atoms with Crippen LogP contribution >= 0.6 is 33.9 Å². The van der Waals surface area contributed by atoms with Gasteiger partial charge in [-0.1, -0.05) is 12.1 Å². The molecule has 0 bridgehead atoms. The molecule has 1 aliphatic heterocycles. The maximum Gasteiger partial charge on any atom is 0.223 e. The van der Waals surface area contributed by atoms with Gasteiger partial charge in [0.25, 0.3) is 0 Å². The number of carbonyl (C=O) groups excluding carboxylic acids is 1. The molecule has 0 atom stereocenters. The third-order valence-corrected chi connectivity index (χ3v) is 9.92. The zero-order valence-electron chi connectivity index (χ0n) is 19.0. The van der Waals surface area contributed by atoms with E-state index >= 15 is 0 Å². The van der Waals surface area contributed by atoms with Crippen LogP contribution in [-0.4, -0.2) is 48.7 Å². The van der Waals surface area contributed by atoms with Crippen molar-refractivity contribution in [2.75, 3.05) is 18.8 Å². The summed E-state index contributed by atoms with van der Waals surface area (Å²) in [5.74, 6) is -0.268. The number of halogens is 1. The average molecular weight is 598 g/mol. The number of fused-ring (bicyclic) bond motifs is 1. The predicted octanol–water partition coefficient (Wildman–Crippen LogP) is 4.22. The van der Waals surface area contributed by atoms with Crippen LogP contribution in [0.25, 0.3) is 10.8 Å². The molecule has 2 aromatic carbocycles. The first kappa shape index (κ1) is 24.4. The van der Waals surface area contributed by atoms with Gasteiger partial charge < -0.3 is 9.47 Å². The molecule has 1 saturated heterocycles. The molecule has 6 nitrogen and oxygen atoms in total. The largest absolute Gasteiger partial charge is 0.343 e. The molecule has 2 heterocycles. The van der Waals surface area contributed by atoms with Crippen molar-refractivity contribution >= 4 is 60.4 Å². The summed E-state index contributed by atoms with van der Waals surface area (Å²) in [5, 5.41) is 1.89. The molecule has 0 saturated carbocycles. The Morgan fingerprint density at radius 1 is 1.12 bits per heavy atom. The van der Waals surface area contributed by atoms with Gasteiger partial charge in [0.1, 0.15) is 0 Å². The molecule has 1 amide bonds. The summed E-state index contributed by atoms with van der Waals surface area (Å²) < 4.78 is 28.9. The van der Waals surface area contributed by atoms with E-state index in [0.717, 1.165) is 32.0 Å². The predicted molar refractivity (Wildman–Crippen MR) is 141 cm³/mol. The molecule has 1 aromatic heterocycles. The summed E-state index contributed by atoms with van der Waals surface area (Å²) in [6.45, 7) is 5.44. The highest BCUT2D eigenvalue weighted by Crippen LogP contribution is 2.23. The lowest BCUT2D eigenvalue weighted by atomic mass is 10.1. The number of rotatable bonds is 5. The van der Waals surface area contributed by atoms with Crippen LogP contribution in [-0.2, 0) is 21.7 Å². The maximum absolute atomic E-state index is 12.9. The van der Waals surface area contributed by atoms with Crippen molar-refractivity contribution in [1.82, 2.24) is 9.47 Å². The van der Waals surface area contributed by atoms with Crippen LogP contribution in [0.15, 0.2) is 46.3 Å². The van der Waals surface area contributed by atoms with Gasteiger partial charge in [-0.25, -0.2) is 8.42 Å². The molecule has 9 heteroatoms. The van der Waals surface area contributed by atoms with Crippen LogP contribution in [0.2, 0.25) is 0 Å². The Labute approximate surface area is 212 Å². The van der Waals surface area contributed by atoms with E-state index in [4.69, 9.17) is 4.99 Å². The molecule has 1 aliphatic rings. The number of piperidine rings is 1. The molecule has 4 rings (SSSR count). The molecule has 1 fully saturated rings. The van der Waals surface area contributed by atoms with Gasteiger partial charge in [0.15, 0.2) is 14.6 Å². The van der Waals surface area contributed by atoms with Gasteiger partial charge in [-0.15, -0.1) is 11.3 Å². The maximum atomic E-state index is 12.9. The Bertz CT molecular complexity index is 1370. The number of aryl methyl sites for hydroxylation is 1. The van der Waals surface area contributed by atoms with E-state index in [1.165, 1.54) is 10.6 Å². The number of carbonyl (C=O) groups is 1. The number of sulfone groups is 1. The first-order valence-electron chi connectivity index (χ1n) is 11.0. The summed E-state index contributed by atoms with van der Waals surface area (Å²) in [5.41, 5.74) is 1.23. The molecule has 3 aromatic rings. The minimum Gasteiger partial charge on any atom is -0.343 e. The van der Waals surface area contributed by atoms with Crippen LogP contribution in [0.1, 0.15) is 29.8 Å². The zero-order chi connectivity index (χ0) is 23.8. The summed E-state index contributed by atoms with van der Waals surface area (Å²) in [6.07, 6.45) is 1.61. The molecule has 33 heavy (non-hydrogen) atoms. The number of nitrogens with zero attached hydrogens (tertiary/aromatic N) is 3. The third-order valence-electron chi connectivity index (χ3n) is 6.37. The van der Waals surface area contributed by atoms with Crippen LogP contribution in [0.5, 0.6) is 0 Å². The second-order valence-corrected chi connectivity index (χ2v) is 13.1. The highest BCUT2D eigenvalue weighted by Gasteiger charge is 2.24. The third kappa shape index (κ3) is 5.51. The molecule has 176 valence electrons. The lowest BCUT2D eigenvalue weighted by Crippen LogP contribution is -2.40. The van der Waals surface area contributed by atoms with E-state index in [-0.39, 0.29) is 29.0 Å². The summed E-state index contributed by atoms with van der Waals surface area (Å²) in [7, 11) is -1.49. The lowest BCUT2D eigenvalue weighted by Gasteiger charge is -2.30. The van der Waals surface area contributed by atoms with Gasteiger partial charge in [-0.05, 0) is 84.3 Å². The molecule has 0 radical (unpaired) electrons. The summed E-state index contributed by atoms with van der Waals surface area (Å²) in [6, 6.07) is 11.3. The van der Waals surface area contributed by atoms with E-state index in [2.05, 4.69) is 41.0 Å². The van der Waals surface area contributed by atoms with Gasteiger partial charge in [0.2, 0.25) is 5.91 Å². The van der Waals surface area contributed by atoms with Gasteiger partial charge in [0, 0.05) is 40.7 Å². The number of amides is 1. The minimum absolute atomic E-state index is 0.00709. The number of benzene rings is 2. The fourth-order valence-electron chi connectivity index (χ4n) is 4.06. The minimum atomic E-state index is -3.52. The molecule has 0 spiro atoms. The Balaban J connectivity index is 1.35. The van der Waals surface area contributed by atoms with Crippen LogP contribution < -0.4 is 4.80 Å². The topological polar surface area (TPSA) is 71.7 Å². The van der Waals surface area contributed by atoms with Crippen molar-refractivity contribution in [2.45, 2.75) is 44.0 Å². The fourth-order valence-corrected chi connectivity index (χ4v) is 6.87. The zero-order valence-corrected chi connectivity index (χ0v) is 22.8. The molecule has 0 aliphatic carbocycles. The highest BCUT2D eigenvalue weighted by atomic mass is 127. The van der Waals surface area contributed by atoms with Crippen LogP contribution in [0.3, 0.4) is 0 Å². The molecule has 0 unspecified atom stereocenters. The van der Waals surface area contributed by atoms with Crippen molar-refractivity contribution in [3.63, 3.8) is 0 Å². The number of hydrogen-bond donors (Lipinski definition) is 0. The monoisotopic (exact) mass is 597 g/mol. The second-order valence-electron chi connectivity index (χ2n) is 8.55. The summed E-state index contributed by atoms with van der Waals surface area (Å²) >= 11 is 3.94. The Hall–Kier alpha value is -1.72. The van der Waals surface area contributed by atoms with Crippen molar-refractivity contribution in [3.05, 3.63) is 55.3 Å². The quantitative estimate of drug-likeness (QED) is 0.414.